The fourth-order valence-electron chi connectivity index (χ4n) is 1.46. The summed E-state index contributed by atoms with van der Waals surface area (Å²) in [5.41, 5.74) is 0. The van der Waals surface area contributed by atoms with Gasteiger partial charge in [0.15, 0.2) is 0 Å². The molecule has 0 radical (unpaired) electrons. The number of carbonyl (C=O) groups is 1. The zero-order valence-electron chi connectivity index (χ0n) is 10.0. The maximum absolute atomic E-state index is 11.5. The van der Waals surface area contributed by atoms with Gasteiger partial charge < -0.3 is 14.0 Å². The van der Waals surface area contributed by atoms with Crippen molar-refractivity contribution in [3.8, 4) is 0 Å². The zero-order chi connectivity index (χ0) is 12.3. The van der Waals surface area contributed by atoms with Gasteiger partial charge in [-0.05, 0) is 0 Å². The predicted octanol–water partition coefficient (Wildman–Crippen LogP) is 0.925. The quantitative estimate of drug-likeness (QED) is 0.779. The van der Waals surface area contributed by atoms with Gasteiger partial charge in [0.05, 0.1) is 26.2 Å². The number of aromatic nitrogens is 2. The molecular formula is C11H16N2O4. The summed E-state index contributed by atoms with van der Waals surface area (Å²) in [4.78, 5) is 15.7. The first-order valence-corrected chi connectivity index (χ1v) is 5.71. The third-order valence-corrected chi connectivity index (χ3v) is 2.56. The highest BCUT2D eigenvalue weighted by atomic mass is 16.6. The minimum Gasteiger partial charge on any atom is -0.376 e. The summed E-state index contributed by atoms with van der Waals surface area (Å²) in [7, 11) is 0. The minimum absolute atomic E-state index is 0.0281. The number of rotatable bonds is 4. The second-order valence-electron chi connectivity index (χ2n) is 4.28. The van der Waals surface area contributed by atoms with E-state index in [0.717, 1.165) is 0 Å². The van der Waals surface area contributed by atoms with E-state index in [-0.39, 0.29) is 24.2 Å². The van der Waals surface area contributed by atoms with Crippen LogP contribution in [0, 0.1) is 5.92 Å². The molecule has 6 heteroatoms. The summed E-state index contributed by atoms with van der Waals surface area (Å²) in [5, 5.41) is 3.81. The van der Waals surface area contributed by atoms with Crippen molar-refractivity contribution in [2.24, 2.45) is 5.92 Å². The van der Waals surface area contributed by atoms with E-state index >= 15 is 0 Å². The molecule has 6 nitrogen and oxygen atoms in total. The number of carbonyl (C=O) groups excluding carboxylic acids is 1. The van der Waals surface area contributed by atoms with Crippen molar-refractivity contribution < 1.29 is 18.8 Å². The van der Waals surface area contributed by atoms with Gasteiger partial charge in [-0.3, -0.25) is 4.79 Å². The fraction of sp³-hybridized carbons (Fsp3) is 0.727. The van der Waals surface area contributed by atoms with Gasteiger partial charge in [0.1, 0.15) is 11.9 Å². The van der Waals surface area contributed by atoms with Crippen LogP contribution in [0.4, 0.5) is 0 Å². The van der Waals surface area contributed by atoms with E-state index in [4.69, 9.17) is 14.0 Å². The van der Waals surface area contributed by atoms with Crippen LogP contribution in [-0.4, -0.2) is 35.7 Å². The average molecular weight is 240 g/mol. The van der Waals surface area contributed by atoms with Gasteiger partial charge in [0.2, 0.25) is 11.7 Å². The van der Waals surface area contributed by atoms with E-state index in [2.05, 4.69) is 10.1 Å². The molecule has 0 spiro atoms. The number of hydrogen-bond acceptors (Lipinski definition) is 6. The SMILES string of the molecule is CC(C)C(=O)Cc1nc(C2COCCO2)no1. The molecule has 1 aliphatic rings. The molecule has 2 rings (SSSR count). The van der Waals surface area contributed by atoms with Crippen molar-refractivity contribution in [3.05, 3.63) is 11.7 Å². The van der Waals surface area contributed by atoms with Crippen molar-refractivity contribution in [2.45, 2.75) is 26.4 Å². The molecule has 1 aromatic heterocycles. The van der Waals surface area contributed by atoms with Gasteiger partial charge in [-0.1, -0.05) is 19.0 Å². The van der Waals surface area contributed by atoms with Gasteiger partial charge in [0.25, 0.3) is 0 Å². The maximum atomic E-state index is 11.5. The molecule has 1 aromatic rings. The van der Waals surface area contributed by atoms with Crippen molar-refractivity contribution in [1.29, 1.82) is 0 Å². The molecule has 1 unspecified atom stereocenters. The second-order valence-corrected chi connectivity index (χ2v) is 4.28. The molecular weight excluding hydrogens is 224 g/mol. The highest BCUT2D eigenvalue weighted by Crippen LogP contribution is 2.18. The average Bonchev–Trinajstić information content (AvgIpc) is 2.78. The molecule has 1 fully saturated rings. The standard InChI is InChI=1S/C11H16N2O4/c1-7(2)8(14)5-10-12-11(13-17-10)9-6-15-3-4-16-9/h7,9H,3-6H2,1-2H3. The zero-order valence-corrected chi connectivity index (χ0v) is 10.0. The molecule has 0 aromatic carbocycles. The summed E-state index contributed by atoms with van der Waals surface area (Å²) in [6, 6.07) is 0. The van der Waals surface area contributed by atoms with Crippen LogP contribution >= 0.6 is 0 Å². The second kappa shape index (κ2) is 5.37. The molecule has 0 N–H and O–H groups in total. The number of ether oxygens (including phenoxy) is 2. The van der Waals surface area contributed by atoms with Crippen LogP contribution in [-0.2, 0) is 20.7 Å². The summed E-state index contributed by atoms with van der Waals surface area (Å²) in [5.74, 6) is 0.852. The van der Waals surface area contributed by atoms with E-state index in [9.17, 15) is 4.79 Å². The lowest BCUT2D eigenvalue weighted by Crippen LogP contribution is -2.22. The summed E-state index contributed by atoms with van der Waals surface area (Å²) in [6.45, 7) is 5.24. The van der Waals surface area contributed by atoms with Gasteiger partial charge in [0, 0.05) is 5.92 Å². The van der Waals surface area contributed by atoms with E-state index in [0.29, 0.717) is 31.5 Å². The van der Waals surface area contributed by atoms with Crippen LogP contribution in [0.3, 0.4) is 0 Å². The van der Waals surface area contributed by atoms with Gasteiger partial charge >= 0.3 is 0 Å². The molecule has 0 aliphatic carbocycles. The van der Waals surface area contributed by atoms with Crippen molar-refractivity contribution in [1.82, 2.24) is 10.1 Å². The van der Waals surface area contributed by atoms with Crippen LogP contribution in [0.2, 0.25) is 0 Å². The van der Waals surface area contributed by atoms with E-state index < -0.39 is 0 Å². The van der Waals surface area contributed by atoms with Crippen LogP contribution in [0.25, 0.3) is 0 Å². The molecule has 0 saturated carbocycles. The summed E-state index contributed by atoms with van der Waals surface area (Å²) < 4.78 is 15.7. The first kappa shape index (κ1) is 12.2. The Hall–Kier alpha value is -1.27. The molecule has 1 saturated heterocycles. The lowest BCUT2D eigenvalue weighted by Gasteiger charge is -2.19. The topological polar surface area (TPSA) is 74.5 Å². The van der Waals surface area contributed by atoms with E-state index in [1.165, 1.54) is 0 Å². The Labute approximate surface area is 99.3 Å². The van der Waals surface area contributed by atoms with Crippen LogP contribution in [0.5, 0.6) is 0 Å². The maximum Gasteiger partial charge on any atom is 0.234 e. The van der Waals surface area contributed by atoms with Crippen molar-refractivity contribution >= 4 is 5.78 Å². The van der Waals surface area contributed by atoms with Gasteiger partial charge in [-0.2, -0.15) is 4.98 Å². The Morgan fingerprint density at radius 3 is 2.94 bits per heavy atom. The Morgan fingerprint density at radius 2 is 2.29 bits per heavy atom. The van der Waals surface area contributed by atoms with Crippen LogP contribution in [0.1, 0.15) is 31.7 Å². The molecule has 1 aliphatic heterocycles. The van der Waals surface area contributed by atoms with Crippen molar-refractivity contribution in [3.63, 3.8) is 0 Å². The number of hydrogen-bond donors (Lipinski definition) is 0. The monoisotopic (exact) mass is 240 g/mol. The largest absolute Gasteiger partial charge is 0.376 e. The minimum atomic E-state index is -0.282. The number of nitrogens with zero attached hydrogens (tertiary/aromatic N) is 2. The summed E-state index contributed by atoms with van der Waals surface area (Å²) in [6.07, 6.45) is -0.103. The number of ketones is 1. The predicted molar refractivity (Wildman–Crippen MR) is 57.4 cm³/mol. The Kier molecular flexibility index (Phi) is 3.86. The highest BCUT2D eigenvalue weighted by Gasteiger charge is 2.23. The van der Waals surface area contributed by atoms with E-state index in [1.807, 2.05) is 13.8 Å². The normalized spacial score (nSPS) is 20.8. The first-order chi connectivity index (χ1) is 8.16. The number of Topliss-reactive ketones (excluding diaryl/α,β-unsaturated/α-hetero) is 1. The lowest BCUT2D eigenvalue weighted by atomic mass is 10.1. The van der Waals surface area contributed by atoms with Gasteiger partial charge in [-0.25, -0.2) is 0 Å². The van der Waals surface area contributed by atoms with Crippen LogP contribution in [0.15, 0.2) is 4.52 Å². The molecule has 0 amide bonds. The lowest BCUT2D eigenvalue weighted by molar-refractivity contribution is -0.121. The smallest absolute Gasteiger partial charge is 0.234 e. The molecule has 2 heterocycles. The molecule has 17 heavy (non-hydrogen) atoms. The van der Waals surface area contributed by atoms with Crippen molar-refractivity contribution in [2.75, 3.05) is 19.8 Å². The van der Waals surface area contributed by atoms with E-state index in [1.54, 1.807) is 0 Å². The molecule has 0 bridgehead atoms. The highest BCUT2D eigenvalue weighted by molar-refractivity contribution is 5.81. The first-order valence-electron chi connectivity index (χ1n) is 5.71. The molecule has 1 atom stereocenters. The third-order valence-electron chi connectivity index (χ3n) is 2.56. The van der Waals surface area contributed by atoms with Crippen LogP contribution < -0.4 is 0 Å². The van der Waals surface area contributed by atoms with Gasteiger partial charge in [-0.15, -0.1) is 0 Å². The fourth-order valence-corrected chi connectivity index (χ4v) is 1.46. The Balaban J connectivity index is 1.97. The third kappa shape index (κ3) is 3.10. The summed E-state index contributed by atoms with van der Waals surface area (Å²) >= 11 is 0. The molecule has 94 valence electrons. The Bertz CT molecular complexity index is 383. The Morgan fingerprint density at radius 1 is 1.47 bits per heavy atom.